The van der Waals surface area contributed by atoms with Crippen LogP contribution in [-0.2, 0) is 19.5 Å². The molecule has 0 bridgehead atoms. The van der Waals surface area contributed by atoms with Crippen molar-refractivity contribution in [1.29, 1.82) is 0 Å². The van der Waals surface area contributed by atoms with Gasteiger partial charge in [0, 0.05) is 32.2 Å². The predicted molar refractivity (Wildman–Crippen MR) is 75.1 cm³/mol. The van der Waals surface area contributed by atoms with E-state index in [9.17, 15) is 8.42 Å². The number of sulfonamides is 1. The third kappa shape index (κ3) is 3.01. The molecule has 7 heteroatoms. The highest BCUT2D eigenvalue weighted by atomic mass is 32.2. The van der Waals surface area contributed by atoms with Crippen LogP contribution in [0.15, 0.2) is 0 Å². The minimum Gasteiger partial charge on any atom is -0.379 e. The van der Waals surface area contributed by atoms with E-state index in [0.29, 0.717) is 19.1 Å². The summed E-state index contributed by atoms with van der Waals surface area (Å²) in [6.45, 7) is 5.55. The van der Waals surface area contributed by atoms with Crippen LogP contribution in [0.3, 0.4) is 0 Å². The highest BCUT2D eigenvalue weighted by Gasteiger charge is 2.45. The molecule has 1 spiro atoms. The summed E-state index contributed by atoms with van der Waals surface area (Å²) in [4.78, 5) is 2.46. The predicted octanol–water partition coefficient (Wildman–Crippen LogP) is -0.0983. The fraction of sp³-hybridized carbons (Fsp3) is 1.00. The summed E-state index contributed by atoms with van der Waals surface area (Å²) in [5.41, 5.74) is -0.0931. The average molecular weight is 304 g/mol. The molecule has 20 heavy (non-hydrogen) atoms. The first kappa shape index (κ1) is 14.7. The van der Waals surface area contributed by atoms with Gasteiger partial charge < -0.3 is 9.47 Å². The molecule has 3 fully saturated rings. The molecule has 0 amide bonds. The zero-order valence-electron chi connectivity index (χ0n) is 12.1. The molecular weight excluding hydrogens is 280 g/mol. The second-order valence-corrected chi connectivity index (χ2v) is 8.14. The van der Waals surface area contributed by atoms with E-state index >= 15 is 0 Å². The van der Waals surface area contributed by atoms with E-state index in [0.717, 1.165) is 52.2 Å². The molecule has 0 unspecified atom stereocenters. The zero-order chi connectivity index (χ0) is 14.2. The van der Waals surface area contributed by atoms with Crippen LogP contribution in [0.5, 0.6) is 0 Å². The fourth-order valence-corrected chi connectivity index (χ4v) is 4.42. The van der Waals surface area contributed by atoms with Crippen molar-refractivity contribution in [3.63, 3.8) is 0 Å². The zero-order valence-corrected chi connectivity index (χ0v) is 12.9. The lowest BCUT2D eigenvalue weighted by Gasteiger charge is -2.38. The van der Waals surface area contributed by atoms with Gasteiger partial charge >= 0.3 is 0 Å². The molecular formula is C13H24N2O4S. The molecule has 116 valence electrons. The lowest BCUT2D eigenvalue weighted by Crippen LogP contribution is -2.47. The molecule has 0 aliphatic carbocycles. The smallest absolute Gasteiger partial charge is 0.211 e. The van der Waals surface area contributed by atoms with Crippen LogP contribution in [0.4, 0.5) is 0 Å². The molecule has 3 saturated heterocycles. The number of morpholine rings is 1. The van der Waals surface area contributed by atoms with Gasteiger partial charge in [0.2, 0.25) is 10.0 Å². The number of hydrogen-bond acceptors (Lipinski definition) is 5. The molecule has 0 aromatic carbocycles. The maximum Gasteiger partial charge on any atom is 0.211 e. The Bertz CT molecular complexity index is 439. The molecule has 3 aliphatic rings. The Morgan fingerprint density at radius 1 is 1.10 bits per heavy atom. The summed E-state index contributed by atoms with van der Waals surface area (Å²) in [5, 5.41) is 0. The van der Waals surface area contributed by atoms with E-state index in [1.807, 2.05) is 0 Å². The highest BCUT2D eigenvalue weighted by molar-refractivity contribution is 7.88. The van der Waals surface area contributed by atoms with Gasteiger partial charge in [-0.2, -0.15) is 0 Å². The molecule has 6 nitrogen and oxygen atoms in total. The molecule has 3 aliphatic heterocycles. The van der Waals surface area contributed by atoms with Gasteiger partial charge in [-0.05, 0) is 19.3 Å². The molecule has 0 aromatic heterocycles. The van der Waals surface area contributed by atoms with Gasteiger partial charge in [-0.15, -0.1) is 0 Å². The summed E-state index contributed by atoms with van der Waals surface area (Å²) in [6.07, 6.45) is 3.96. The summed E-state index contributed by atoms with van der Waals surface area (Å²) in [5.74, 6) is 0. The Hall–Kier alpha value is -0.210. The topological polar surface area (TPSA) is 59.1 Å². The van der Waals surface area contributed by atoms with Crippen LogP contribution in [0.2, 0.25) is 0 Å². The summed E-state index contributed by atoms with van der Waals surface area (Å²) in [6, 6.07) is 0.476. The van der Waals surface area contributed by atoms with E-state index in [2.05, 4.69) is 4.90 Å². The number of hydrogen-bond donors (Lipinski definition) is 0. The first-order valence-corrected chi connectivity index (χ1v) is 9.24. The van der Waals surface area contributed by atoms with Crippen LogP contribution in [0.1, 0.15) is 19.3 Å². The minimum absolute atomic E-state index is 0.0931. The van der Waals surface area contributed by atoms with Gasteiger partial charge in [0.25, 0.3) is 0 Å². The van der Waals surface area contributed by atoms with Gasteiger partial charge in [-0.3, -0.25) is 4.90 Å². The van der Waals surface area contributed by atoms with E-state index in [4.69, 9.17) is 9.47 Å². The van der Waals surface area contributed by atoms with Crippen LogP contribution < -0.4 is 0 Å². The van der Waals surface area contributed by atoms with Crippen molar-refractivity contribution >= 4 is 10.0 Å². The van der Waals surface area contributed by atoms with Gasteiger partial charge in [0.05, 0.1) is 31.7 Å². The Labute approximate surface area is 121 Å². The lowest BCUT2D eigenvalue weighted by atomic mass is 9.88. The third-order valence-corrected chi connectivity index (χ3v) is 6.16. The Balaban J connectivity index is 1.57. The van der Waals surface area contributed by atoms with Crippen LogP contribution in [0.25, 0.3) is 0 Å². The molecule has 3 rings (SSSR count). The van der Waals surface area contributed by atoms with Gasteiger partial charge in [0.1, 0.15) is 0 Å². The van der Waals surface area contributed by atoms with Crippen LogP contribution in [-0.4, -0.2) is 81.5 Å². The van der Waals surface area contributed by atoms with Crippen molar-refractivity contribution in [2.24, 2.45) is 0 Å². The summed E-state index contributed by atoms with van der Waals surface area (Å²) >= 11 is 0. The van der Waals surface area contributed by atoms with Crippen molar-refractivity contribution in [2.75, 3.05) is 52.3 Å². The number of rotatable bonds is 2. The normalized spacial score (nSPS) is 32.8. The van der Waals surface area contributed by atoms with Crippen LogP contribution >= 0.6 is 0 Å². The largest absolute Gasteiger partial charge is 0.379 e. The highest BCUT2D eigenvalue weighted by Crippen LogP contribution is 2.38. The molecule has 1 atom stereocenters. The maximum absolute atomic E-state index is 11.6. The fourth-order valence-electron chi connectivity index (χ4n) is 3.57. The number of ether oxygens (including phenoxy) is 2. The van der Waals surface area contributed by atoms with Crippen molar-refractivity contribution in [2.45, 2.75) is 30.9 Å². The monoisotopic (exact) mass is 304 g/mol. The lowest BCUT2D eigenvalue weighted by molar-refractivity contribution is -0.0327. The van der Waals surface area contributed by atoms with E-state index in [1.165, 1.54) is 6.26 Å². The minimum atomic E-state index is -3.06. The molecule has 0 saturated carbocycles. The summed E-state index contributed by atoms with van der Waals surface area (Å²) in [7, 11) is -3.06. The van der Waals surface area contributed by atoms with Gasteiger partial charge in [0.15, 0.2) is 0 Å². The Morgan fingerprint density at radius 2 is 1.75 bits per heavy atom. The van der Waals surface area contributed by atoms with Crippen molar-refractivity contribution in [1.82, 2.24) is 9.21 Å². The number of piperidine rings is 1. The van der Waals surface area contributed by atoms with E-state index in [-0.39, 0.29) is 5.60 Å². The van der Waals surface area contributed by atoms with Gasteiger partial charge in [-0.25, -0.2) is 12.7 Å². The molecule has 0 N–H and O–H groups in total. The van der Waals surface area contributed by atoms with Gasteiger partial charge in [-0.1, -0.05) is 0 Å². The second kappa shape index (κ2) is 5.53. The first-order chi connectivity index (χ1) is 9.49. The average Bonchev–Trinajstić information content (AvgIpc) is 2.83. The number of nitrogens with zero attached hydrogens (tertiary/aromatic N) is 2. The second-order valence-electron chi connectivity index (χ2n) is 6.16. The first-order valence-electron chi connectivity index (χ1n) is 7.39. The molecule has 0 radical (unpaired) electrons. The van der Waals surface area contributed by atoms with Crippen LogP contribution in [0, 0.1) is 0 Å². The van der Waals surface area contributed by atoms with E-state index in [1.54, 1.807) is 4.31 Å². The standard InChI is InChI=1S/C13H24N2O4S/c1-20(16,17)15-4-2-13(3-5-15)10-12(11-19-13)14-6-8-18-9-7-14/h12H,2-11H2,1H3/t12-/m0/s1. The van der Waals surface area contributed by atoms with Crippen molar-refractivity contribution in [3.8, 4) is 0 Å². The Morgan fingerprint density at radius 3 is 2.35 bits per heavy atom. The molecule has 0 aromatic rings. The maximum atomic E-state index is 11.6. The third-order valence-electron chi connectivity index (χ3n) is 4.85. The Kier molecular flexibility index (Phi) is 4.07. The summed E-state index contributed by atoms with van der Waals surface area (Å²) < 4.78 is 36.2. The van der Waals surface area contributed by atoms with E-state index < -0.39 is 10.0 Å². The quantitative estimate of drug-likeness (QED) is 0.713. The van der Waals surface area contributed by atoms with Crippen molar-refractivity contribution in [3.05, 3.63) is 0 Å². The SMILES string of the molecule is CS(=O)(=O)N1CCC2(CC1)C[C@H](N1CCOCC1)CO2. The van der Waals surface area contributed by atoms with Crippen molar-refractivity contribution < 1.29 is 17.9 Å². The molecule has 3 heterocycles.